The maximum atomic E-state index is 11.7. The second-order valence-corrected chi connectivity index (χ2v) is 6.35. The molecule has 1 fully saturated rings. The molecule has 0 unspecified atom stereocenters. The summed E-state index contributed by atoms with van der Waals surface area (Å²) in [5, 5.41) is 20.1. The van der Waals surface area contributed by atoms with E-state index in [-0.39, 0.29) is 115 Å². The molecular formula is C10H30N5Na2O15P. The molecule has 1 saturated heterocycles. The van der Waals surface area contributed by atoms with E-state index in [1.807, 2.05) is 0 Å². The molecule has 0 aliphatic carbocycles. The van der Waals surface area contributed by atoms with Crippen molar-refractivity contribution in [1.82, 2.24) is 19.5 Å². The van der Waals surface area contributed by atoms with Crippen molar-refractivity contribution in [3.63, 3.8) is 0 Å². The number of rotatable bonds is 4. The van der Waals surface area contributed by atoms with Crippen molar-refractivity contribution in [3.8, 4) is 0 Å². The van der Waals surface area contributed by atoms with Crippen LogP contribution in [0.3, 0.4) is 0 Å². The number of phosphoric ester groups is 1. The third kappa shape index (κ3) is 11.0. The Hall–Kier alpha value is -0.140. The quantitative estimate of drug-likeness (QED) is 0.157. The Morgan fingerprint density at radius 2 is 1.61 bits per heavy atom. The number of fused-ring (bicyclic) bond motifs is 1. The van der Waals surface area contributed by atoms with E-state index in [2.05, 4.69) is 19.5 Å². The minimum atomic E-state index is -4.76. The number of H-pyrrole nitrogens is 1. The molecule has 0 bridgehead atoms. The number of nitrogen functional groups attached to an aromatic ring is 1. The molecular weight excluding hydrogens is 507 g/mol. The first-order valence-corrected chi connectivity index (χ1v) is 8.14. The van der Waals surface area contributed by atoms with Gasteiger partial charge in [-0.15, -0.1) is 0 Å². The van der Waals surface area contributed by atoms with Crippen molar-refractivity contribution >= 4 is 84.0 Å². The number of nitrogens with zero attached hydrogens (tertiary/aromatic N) is 3. The Labute approximate surface area is 228 Å². The van der Waals surface area contributed by atoms with Gasteiger partial charge in [0.05, 0.1) is 12.9 Å². The van der Waals surface area contributed by atoms with Gasteiger partial charge in [-0.1, -0.05) is 0 Å². The van der Waals surface area contributed by atoms with Gasteiger partial charge in [-0.3, -0.25) is 18.9 Å². The van der Waals surface area contributed by atoms with E-state index in [0.717, 1.165) is 0 Å². The summed E-state index contributed by atoms with van der Waals surface area (Å²) in [4.78, 5) is 39.1. The first-order chi connectivity index (χ1) is 11.2. The van der Waals surface area contributed by atoms with Gasteiger partial charge in [0.1, 0.15) is 18.3 Å². The third-order valence-corrected chi connectivity index (χ3v) is 3.95. The number of hydrogen-bond acceptors (Lipinski definition) is 9. The van der Waals surface area contributed by atoms with Crippen LogP contribution in [-0.2, 0) is 13.8 Å². The zero-order valence-electron chi connectivity index (χ0n) is 15.4. The van der Waals surface area contributed by atoms with Crippen LogP contribution in [-0.4, -0.2) is 162 Å². The SMILES string of the molecule is Nc1nc2c(ncn2[C@@H]2O[C@H](COP(=O)(O)O)[C@@H](O)[C@H]2O)c(=O)[nH]1.O.O.O.O.O.O.O.[NaH].[NaH]. The van der Waals surface area contributed by atoms with Crippen LogP contribution in [0.25, 0.3) is 11.2 Å². The zero-order chi connectivity index (χ0) is 17.6. The van der Waals surface area contributed by atoms with Crippen LogP contribution in [0.4, 0.5) is 5.95 Å². The van der Waals surface area contributed by atoms with Gasteiger partial charge in [-0.05, 0) is 0 Å². The number of aromatic amines is 1. The molecule has 0 radical (unpaired) electrons. The molecule has 21 N–H and O–H groups in total. The van der Waals surface area contributed by atoms with Gasteiger partial charge < -0.3 is 68.8 Å². The second-order valence-electron chi connectivity index (χ2n) is 5.11. The maximum absolute atomic E-state index is 11.7. The summed E-state index contributed by atoms with van der Waals surface area (Å²) in [6.45, 7) is -0.651. The van der Waals surface area contributed by atoms with Gasteiger partial charge in [0.15, 0.2) is 17.4 Å². The van der Waals surface area contributed by atoms with E-state index < -0.39 is 44.5 Å². The van der Waals surface area contributed by atoms with Crippen LogP contribution in [0.5, 0.6) is 0 Å². The number of nitrogens with one attached hydrogen (secondary N) is 1. The molecule has 2 aromatic heterocycles. The summed E-state index contributed by atoms with van der Waals surface area (Å²) in [5.74, 6) is -0.177. The van der Waals surface area contributed by atoms with E-state index in [1.54, 1.807) is 0 Å². The predicted octanol–water partition coefficient (Wildman–Crippen LogP) is -9.64. The van der Waals surface area contributed by atoms with Crippen LogP contribution >= 0.6 is 7.82 Å². The van der Waals surface area contributed by atoms with Gasteiger partial charge >= 0.3 is 66.9 Å². The van der Waals surface area contributed by atoms with Gasteiger partial charge in [0.2, 0.25) is 5.95 Å². The van der Waals surface area contributed by atoms with Crippen LogP contribution in [0.2, 0.25) is 0 Å². The number of imidazole rings is 1. The number of anilines is 1. The average Bonchev–Trinajstić information content (AvgIpc) is 3.00. The Morgan fingerprint density at radius 1 is 1.09 bits per heavy atom. The Bertz CT molecular complexity index is 880. The molecule has 2 aromatic rings. The molecule has 4 atom stereocenters. The fourth-order valence-electron chi connectivity index (χ4n) is 2.40. The van der Waals surface area contributed by atoms with Crippen LogP contribution in [0, 0.1) is 0 Å². The molecule has 20 nitrogen and oxygen atoms in total. The number of ether oxygens (including phenoxy) is 1. The summed E-state index contributed by atoms with van der Waals surface area (Å²) < 4.78 is 21.6. The Kier molecular flexibility index (Phi) is 28.9. The zero-order valence-corrected chi connectivity index (χ0v) is 16.3. The molecule has 192 valence electrons. The summed E-state index contributed by atoms with van der Waals surface area (Å²) in [5.41, 5.74) is 4.84. The fraction of sp³-hybridized carbons (Fsp3) is 0.500. The number of aliphatic hydroxyl groups excluding tert-OH is 2. The normalized spacial score (nSPS) is 20.2. The molecule has 0 amide bonds. The number of aromatic nitrogens is 4. The molecule has 0 spiro atoms. The fourth-order valence-corrected chi connectivity index (χ4v) is 2.74. The van der Waals surface area contributed by atoms with E-state index in [0.29, 0.717) is 0 Å². The molecule has 33 heavy (non-hydrogen) atoms. The topological polar surface area (TPSA) is 427 Å². The van der Waals surface area contributed by atoms with E-state index in [9.17, 15) is 19.6 Å². The van der Waals surface area contributed by atoms with Gasteiger partial charge in [-0.25, -0.2) is 9.55 Å². The van der Waals surface area contributed by atoms with E-state index in [4.69, 9.17) is 20.3 Å². The summed E-state index contributed by atoms with van der Waals surface area (Å²) in [6.07, 6.45) is -4.22. The molecule has 0 aromatic carbocycles. The number of nitrogens with two attached hydrogens (primary N) is 1. The van der Waals surface area contributed by atoms with Gasteiger partial charge in [-0.2, -0.15) is 4.98 Å². The number of aliphatic hydroxyl groups is 2. The third-order valence-electron chi connectivity index (χ3n) is 3.47. The van der Waals surface area contributed by atoms with Crippen molar-refractivity contribution in [1.29, 1.82) is 0 Å². The molecule has 3 heterocycles. The molecule has 1 aliphatic heterocycles. The summed E-state index contributed by atoms with van der Waals surface area (Å²) in [6, 6.07) is 0. The van der Waals surface area contributed by atoms with Crippen LogP contribution in [0.1, 0.15) is 6.23 Å². The Balaban J connectivity index is -0.000000150. The first-order valence-electron chi connectivity index (χ1n) is 6.61. The Morgan fingerprint density at radius 3 is 2.09 bits per heavy atom. The predicted molar refractivity (Wildman–Crippen MR) is 116 cm³/mol. The standard InChI is InChI=1S/C10H14N5O8P.2Na.7H2O.2H/c11-10-13-7-4(8(18)14-10)12-2-15(7)9-6(17)5(16)3(23-9)1-22-24(19,20)21;;;;;;;;;;;/h2-3,5-6,9,16-17H,1H2,(H2,19,20,21)(H3,11,13,14,18);;;7*1H2;;/t3-,5-,6-,9-;;;;;;;;;;;/m1.........../s1. The molecule has 0 saturated carbocycles. The van der Waals surface area contributed by atoms with Crippen molar-refractivity contribution in [3.05, 3.63) is 16.7 Å². The molecule has 1 aliphatic rings. The average molecular weight is 537 g/mol. The number of phosphoric acid groups is 1. The second kappa shape index (κ2) is 19.1. The van der Waals surface area contributed by atoms with Crippen molar-refractivity contribution in [2.75, 3.05) is 12.3 Å². The van der Waals surface area contributed by atoms with Crippen molar-refractivity contribution in [2.24, 2.45) is 0 Å². The van der Waals surface area contributed by atoms with Crippen LogP contribution in [0.15, 0.2) is 11.1 Å². The molecule has 3 rings (SSSR count). The van der Waals surface area contributed by atoms with Crippen LogP contribution < -0.4 is 11.3 Å². The van der Waals surface area contributed by atoms with E-state index >= 15 is 0 Å². The van der Waals surface area contributed by atoms with Gasteiger partial charge in [0.25, 0.3) is 5.56 Å². The monoisotopic (exact) mass is 537 g/mol. The van der Waals surface area contributed by atoms with E-state index in [1.165, 1.54) is 10.9 Å². The summed E-state index contributed by atoms with van der Waals surface area (Å²) in [7, 11) is -4.76. The minimum absolute atomic E-state index is 0. The number of hydrogen-bond donors (Lipinski definition) is 6. The summed E-state index contributed by atoms with van der Waals surface area (Å²) >= 11 is 0. The van der Waals surface area contributed by atoms with Crippen molar-refractivity contribution < 1.29 is 72.2 Å². The van der Waals surface area contributed by atoms with Crippen molar-refractivity contribution in [2.45, 2.75) is 24.5 Å². The molecule has 23 heteroatoms. The first kappa shape index (κ1) is 49.9. The van der Waals surface area contributed by atoms with Gasteiger partial charge in [0, 0.05) is 0 Å².